The maximum absolute atomic E-state index is 13.0. The van der Waals surface area contributed by atoms with Gasteiger partial charge in [-0.3, -0.25) is 0 Å². The van der Waals surface area contributed by atoms with Crippen molar-refractivity contribution in [3.05, 3.63) is 79.0 Å². The molecule has 0 amide bonds. The number of hydrogen-bond donors (Lipinski definition) is 1. The molecule has 0 saturated heterocycles. The molecule has 0 radical (unpaired) electrons. The van der Waals surface area contributed by atoms with Crippen LogP contribution in [0.4, 0.5) is 4.39 Å². The number of halogens is 1. The number of benzene rings is 2. The van der Waals surface area contributed by atoms with Crippen LogP contribution in [0.1, 0.15) is 0 Å². The molecule has 4 aromatic rings. The van der Waals surface area contributed by atoms with E-state index in [1.165, 1.54) is 12.1 Å². The monoisotopic (exact) mass is 316 g/mol. The zero-order chi connectivity index (χ0) is 16.4. The van der Waals surface area contributed by atoms with Crippen molar-refractivity contribution in [1.29, 1.82) is 0 Å². The van der Waals surface area contributed by atoms with Crippen LogP contribution in [-0.2, 0) is 0 Å². The molecule has 5 heteroatoms. The summed E-state index contributed by atoms with van der Waals surface area (Å²) in [6.07, 6.45) is 5.29. The van der Waals surface area contributed by atoms with Gasteiger partial charge in [0.15, 0.2) is 5.82 Å². The molecular weight excluding hydrogens is 303 g/mol. The first-order chi connectivity index (χ1) is 11.8. The van der Waals surface area contributed by atoms with E-state index >= 15 is 0 Å². The Kier molecular flexibility index (Phi) is 3.59. The molecule has 0 aliphatic carbocycles. The Morgan fingerprint density at radius 1 is 0.750 bits per heavy atom. The molecule has 2 aromatic carbocycles. The van der Waals surface area contributed by atoms with Gasteiger partial charge in [0.1, 0.15) is 11.6 Å². The fourth-order valence-corrected chi connectivity index (χ4v) is 2.42. The first kappa shape index (κ1) is 14.3. The van der Waals surface area contributed by atoms with Crippen molar-refractivity contribution >= 4 is 0 Å². The van der Waals surface area contributed by atoms with Crippen LogP contribution in [0.3, 0.4) is 0 Å². The number of hydrogen-bond acceptors (Lipinski definition) is 3. The predicted octanol–water partition coefficient (Wildman–Crippen LogP) is 4.34. The van der Waals surface area contributed by atoms with E-state index in [1.807, 2.05) is 30.3 Å². The summed E-state index contributed by atoms with van der Waals surface area (Å²) in [6, 6.07) is 16.0. The van der Waals surface area contributed by atoms with Gasteiger partial charge in [0.2, 0.25) is 0 Å². The Hall–Kier alpha value is -3.34. The molecule has 0 atom stereocenters. The summed E-state index contributed by atoms with van der Waals surface area (Å²) >= 11 is 0. The summed E-state index contributed by atoms with van der Waals surface area (Å²) < 4.78 is 13.0. The van der Waals surface area contributed by atoms with E-state index in [2.05, 4.69) is 19.9 Å². The third-order valence-corrected chi connectivity index (χ3v) is 3.68. The topological polar surface area (TPSA) is 54.5 Å². The van der Waals surface area contributed by atoms with Crippen molar-refractivity contribution in [1.82, 2.24) is 19.9 Å². The molecule has 0 saturated carbocycles. The maximum Gasteiger partial charge on any atom is 0.159 e. The summed E-state index contributed by atoms with van der Waals surface area (Å²) in [6.45, 7) is 0. The third-order valence-electron chi connectivity index (χ3n) is 3.68. The van der Waals surface area contributed by atoms with E-state index in [0.717, 1.165) is 22.4 Å². The molecule has 2 aromatic heterocycles. The average molecular weight is 316 g/mol. The van der Waals surface area contributed by atoms with Gasteiger partial charge >= 0.3 is 0 Å². The van der Waals surface area contributed by atoms with Crippen LogP contribution in [0.5, 0.6) is 0 Å². The molecule has 0 aliphatic heterocycles. The lowest BCUT2D eigenvalue weighted by molar-refractivity contribution is 0.628. The van der Waals surface area contributed by atoms with Crippen LogP contribution in [0.2, 0.25) is 0 Å². The van der Waals surface area contributed by atoms with Crippen LogP contribution in [-0.4, -0.2) is 19.9 Å². The lowest BCUT2D eigenvalue weighted by Crippen LogP contribution is -1.89. The molecule has 0 bridgehead atoms. The van der Waals surface area contributed by atoms with Crippen molar-refractivity contribution in [2.24, 2.45) is 0 Å². The van der Waals surface area contributed by atoms with Gasteiger partial charge in [-0.2, -0.15) is 0 Å². The molecule has 0 aliphatic rings. The van der Waals surface area contributed by atoms with Gasteiger partial charge < -0.3 is 4.98 Å². The van der Waals surface area contributed by atoms with E-state index in [4.69, 9.17) is 0 Å². The third kappa shape index (κ3) is 2.79. The average Bonchev–Trinajstić information content (AvgIpc) is 3.13. The highest BCUT2D eigenvalue weighted by molar-refractivity contribution is 5.64. The molecular formula is C19H13FN4. The second kappa shape index (κ2) is 6.04. The van der Waals surface area contributed by atoms with Gasteiger partial charge in [-0.25, -0.2) is 19.3 Å². The predicted molar refractivity (Wildman–Crippen MR) is 90.4 cm³/mol. The van der Waals surface area contributed by atoms with Crippen molar-refractivity contribution < 1.29 is 4.39 Å². The number of imidazole rings is 1. The Bertz CT molecular complexity index is 945. The number of aromatic nitrogens is 4. The van der Waals surface area contributed by atoms with Crippen LogP contribution < -0.4 is 0 Å². The Labute approximate surface area is 138 Å². The van der Waals surface area contributed by atoms with Crippen molar-refractivity contribution in [2.75, 3.05) is 0 Å². The minimum atomic E-state index is -0.268. The minimum Gasteiger partial charge on any atom is -0.344 e. The van der Waals surface area contributed by atoms with E-state index in [1.54, 1.807) is 30.7 Å². The normalized spacial score (nSPS) is 10.7. The highest BCUT2D eigenvalue weighted by Gasteiger charge is 2.08. The summed E-state index contributed by atoms with van der Waals surface area (Å²) in [5.74, 6) is 1.08. The van der Waals surface area contributed by atoms with E-state index in [9.17, 15) is 4.39 Å². The smallest absolute Gasteiger partial charge is 0.159 e. The highest BCUT2D eigenvalue weighted by Crippen LogP contribution is 2.22. The van der Waals surface area contributed by atoms with Crippen LogP contribution in [0, 0.1) is 5.82 Å². The first-order valence-corrected chi connectivity index (χ1v) is 7.49. The molecule has 24 heavy (non-hydrogen) atoms. The summed E-state index contributed by atoms with van der Waals surface area (Å²) in [7, 11) is 0. The van der Waals surface area contributed by atoms with Crippen LogP contribution >= 0.6 is 0 Å². The first-order valence-electron chi connectivity index (χ1n) is 7.49. The second-order valence-corrected chi connectivity index (χ2v) is 5.30. The number of aromatic amines is 1. The standard InChI is InChI=1S/C19H13FN4/c20-16-8-6-14(7-9-16)19-23-12-17(24-19)15-10-21-18(22-11-15)13-4-2-1-3-5-13/h1-12H,(H,23,24). The lowest BCUT2D eigenvalue weighted by atomic mass is 10.2. The number of H-pyrrole nitrogens is 1. The summed E-state index contributed by atoms with van der Waals surface area (Å²) in [5, 5.41) is 0. The molecule has 116 valence electrons. The van der Waals surface area contributed by atoms with Crippen LogP contribution in [0.15, 0.2) is 73.2 Å². The largest absolute Gasteiger partial charge is 0.344 e. The Balaban J connectivity index is 1.62. The fourth-order valence-electron chi connectivity index (χ4n) is 2.42. The van der Waals surface area contributed by atoms with Gasteiger partial charge in [-0.1, -0.05) is 30.3 Å². The quantitative estimate of drug-likeness (QED) is 0.611. The number of nitrogens with zero attached hydrogens (tertiary/aromatic N) is 3. The molecule has 4 nitrogen and oxygen atoms in total. The molecule has 0 fully saturated rings. The van der Waals surface area contributed by atoms with Gasteiger partial charge in [-0.15, -0.1) is 0 Å². The van der Waals surface area contributed by atoms with E-state index in [0.29, 0.717) is 11.6 Å². The van der Waals surface area contributed by atoms with Gasteiger partial charge in [0, 0.05) is 35.3 Å². The Morgan fingerprint density at radius 2 is 1.46 bits per heavy atom. The molecule has 2 heterocycles. The van der Waals surface area contributed by atoms with E-state index < -0.39 is 0 Å². The van der Waals surface area contributed by atoms with Crippen molar-refractivity contribution in [3.8, 4) is 34.0 Å². The highest BCUT2D eigenvalue weighted by atomic mass is 19.1. The molecule has 4 rings (SSSR count). The second-order valence-electron chi connectivity index (χ2n) is 5.30. The number of rotatable bonds is 3. The van der Waals surface area contributed by atoms with Crippen molar-refractivity contribution in [2.45, 2.75) is 0 Å². The molecule has 0 spiro atoms. The molecule has 0 unspecified atom stereocenters. The fraction of sp³-hybridized carbons (Fsp3) is 0. The minimum absolute atomic E-state index is 0.268. The lowest BCUT2D eigenvalue weighted by Gasteiger charge is -2.00. The van der Waals surface area contributed by atoms with Gasteiger partial charge in [0.25, 0.3) is 0 Å². The van der Waals surface area contributed by atoms with Crippen molar-refractivity contribution in [3.63, 3.8) is 0 Å². The molecule has 1 N–H and O–H groups in total. The van der Waals surface area contributed by atoms with E-state index in [-0.39, 0.29) is 5.82 Å². The van der Waals surface area contributed by atoms with Gasteiger partial charge in [-0.05, 0) is 24.3 Å². The maximum atomic E-state index is 13.0. The summed E-state index contributed by atoms with van der Waals surface area (Å²) in [5.41, 5.74) is 3.36. The Morgan fingerprint density at radius 3 is 2.17 bits per heavy atom. The van der Waals surface area contributed by atoms with Gasteiger partial charge in [0.05, 0.1) is 5.69 Å². The van der Waals surface area contributed by atoms with Crippen LogP contribution in [0.25, 0.3) is 34.0 Å². The number of nitrogens with one attached hydrogen (secondary N) is 1. The zero-order valence-electron chi connectivity index (χ0n) is 12.6. The summed E-state index contributed by atoms with van der Waals surface area (Å²) in [4.78, 5) is 16.4. The SMILES string of the molecule is Fc1ccc(-c2nc(-c3cnc(-c4ccccc4)nc3)c[nH]2)cc1. The zero-order valence-corrected chi connectivity index (χ0v) is 12.6.